The summed E-state index contributed by atoms with van der Waals surface area (Å²) < 4.78 is 0. The molecule has 0 radical (unpaired) electrons. The summed E-state index contributed by atoms with van der Waals surface area (Å²) in [5.41, 5.74) is 5.66. The molecule has 1 rings (SSSR count). The van der Waals surface area contributed by atoms with Crippen molar-refractivity contribution in [1.82, 2.24) is 4.90 Å². The fourth-order valence-corrected chi connectivity index (χ4v) is 2.76. The van der Waals surface area contributed by atoms with Gasteiger partial charge in [0.15, 0.2) is 0 Å². The summed E-state index contributed by atoms with van der Waals surface area (Å²) in [5, 5.41) is 0. The minimum absolute atomic E-state index is 0.725. The van der Waals surface area contributed by atoms with Crippen LogP contribution < -0.4 is 5.73 Å². The summed E-state index contributed by atoms with van der Waals surface area (Å²) in [5.74, 6) is 0.914. The van der Waals surface area contributed by atoms with Crippen molar-refractivity contribution in [3.05, 3.63) is 0 Å². The molecule has 2 heteroatoms. The van der Waals surface area contributed by atoms with Gasteiger partial charge in [-0.1, -0.05) is 13.8 Å². The highest BCUT2D eigenvalue weighted by molar-refractivity contribution is 4.82. The van der Waals surface area contributed by atoms with Crippen LogP contribution in [0.2, 0.25) is 0 Å². The number of hydrogen-bond donors (Lipinski definition) is 1. The predicted molar refractivity (Wildman–Crippen MR) is 62.3 cm³/mol. The normalized spacial score (nSPS) is 31.7. The summed E-state index contributed by atoms with van der Waals surface area (Å²) >= 11 is 0. The molecule has 0 aromatic heterocycles. The Bertz CT molecular complexity index is 158. The third-order valence-electron chi connectivity index (χ3n) is 3.63. The molecule has 84 valence electrons. The van der Waals surface area contributed by atoms with E-state index in [1.807, 2.05) is 0 Å². The van der Waals surface area contributed by atoms with E-state index in [4.69, 9.17) is 5.73 Å². The molecule has 2 nitrogen and oxygen atoms in total. The van der Waals surface area contributed by atoms with Gasteiger partial charge in [0.1, 0.15) is 0 Å². The van der Waals surface area contributed by atoms with E-state index in [9.17, 15) is 0 Å². The van der Waals surface area contributed by atoms with Gasteiger partial charge in [0.2, 0.25) is 0 Å². The standard InChI is InChI=1S/C12H26N2/c1-4-12(5-7-13)14-8-6-10(2)9-11(14)3/h10-12H,4-9,13H2,1-3H3. The molecule has 0 spiro atoms. The zero-order valence-corrected chi connectivity index (χ0v) is 10.00. The first-order chi connectivity index (χ1) is 6.69. The quantitative estimate of drug-likeness (QED) is 0.750. The second kappa shape index (κ2) is 5.72. The Morgan fingerprint density at radius 1 is 1.43 bits per heavy atom. The third kappa shape index (κ3) is 2.96. The van der Waals surface area contributed by atoms with Crippen LogP contribution in [0, 0.1) is 5.92 Å². The van der Waals surface area contributed by atoms with Crippen LogP contribution in [0.4, 0.5) is 0 Å². The van der Waals surface area contributed by atoms with E-state index >= 15 is 0 Å². The molecule has 1 heterocycles. The topological polar surface area (TPSA) is 29.3 Å². The molecule has 0 aromatic carbocycles. The summed E-state index contributed by atoms with van der Waals surface area (Å²) in [7, 11) is 0. The molecule has 3 atom stereocenters. The van der Waals surface area contributed by atoms with E-state index in [1.165, 1.54) is 25.8 Å². The van der Waals surface area contributed by atoms with Crippen molar-refractivity contribution in [3.8, 4) is 0 Å². The smallest absolute Gasteiger partial charge is 0.0107 e. The van der Waals surface area contributed by atoms with Crippen molar-refractivity contribution >= 4 is 0 Å². The lowest BCUT2D eigenvalue weighted by molar-refractivity contribution is 0.0762. The van der Waals surface area contributed by atoms with Gasteiger partial charge in [0, 0.05) is 12.1 Å². The minimum Gasteiger partial charge on any atom is -0.330 e. The van der Waals surface area contributed by atoms with Gasteiger partial charge in [-0.3, -0.25) is 4.90 Å². The van der Waals surface area contributed by atoms with E-state index in [0.717, 1.165) is 31.0 Å². The average molecular weight is 198 g/mol. The number of rotatable bonds is 4. The highest BCUT2D eigenvalue weighted by Gasteiger charge is 2.27. The lowest BCUT2D eigenvalue weighted by Crippen LogP contribution is -2.47. The van der Waals surface area contributed by atoms with Crippen molar-refractivity contribution in [2.75, 3.05) is 13.1 Å². The van der Waals surface area contributed by atoms with Crippen LogP contribution in [-0.4, -0.2) is 30.1 Å². The number of hydrogen-bond acceptors (Lipinski definition) is 2. The molecule has 1 aliphatic rings. The fourth-order valence-electron chi connectivity index (χ4n) is 2.76. The van der Waals surface area contributed by atoms with Gasteiger partial charge in [-0.15, -0.1) is 0 Å². The lowest BCUT2D eigenvalue weighted by atomic mass is 9.91. The van der Waals surface area contributed by atoms with Gasteiger partial charge in [-0.05, 0) is 51.6 Å². The molecule has 2 N–H and O–H groups in total. The van der Waals surface area contributed by atoms with Gasteiger partial charge >= 0.3 is 0 Å². The maximum absolute atomic E-state index is 5.66. The molecule has 1 aliphatic heterocycles. The summed E-state index contributed by atoms with van der Waals surface area (Å²) in [4.78, 5) is 2.67. The Balaban J connectivity index is 2.48. The third-order valence-corrected chi connectivity index (χ3v) is 3.63. The largest absolute Gasteiger partial charge is 0.330 e. The Morgan fingerprint density at radius 3 is 2.64 bits per heavy atom. The van der Waals surface area contributed by atoms with Crippen LogP contribution in [0.3, 0.4) is 0 Å². The van der Waals surface area contributed by atoms with Crippen LogP contribution in [0.25, 0.3) is 0 Å². The number of piperidine rings is 1. The van der Waals surface area contributed by atoms with Crippen molar-refractivity contribution in [2.45, 2.75) is 58.5 Å². The van der Waals surface area contributed by atoms with Gasteiger partial charge < -0.3 is 5.73 Å². The van der Waals surface area contributed by atoms with E-state index in [-0.39, 0.29) is 0 Å². The first-order valence-corrected chi connectivity index (χ1v) is 6.14. The lowest BCUT2D eigenvalue weighted by Gasteiger charge is -2.41. The molecule has 0 aromatic rings. The average Bonchev–Trinajstić information content (AvgIpc) is 2.15. The van der Waals surface area contributed by atoms with Crippen LogP contribution in [-0.2, 0) is 0 Å². The molecule has 3 unspecified atom stereocenters. The van der Waals surface area contributed by atoms with Crippen molar-refractivity contribution in [3.63, 3.8) is 0 Å². The second-order valence-corrected chi connectivity index (χ2v) is 4.86. The molecule has 1 saturated heterocycles. The first-order valence-electron chi connectivity index (χ1n) is 6.14. The molecule has 0 saturated carbocycles. The van der Waals surface area contributed by atoms with Gasteiger partial charge in [-0.25, -0.2) is 0 Å². The van der Waals surface area contributed by atoms with Gasteiger partial charge in [-0.2, -0.15) is 0 Å². The molecule has 0 amide bonds. The first kappa shape index (κ1) is 12.0. The van der Waals surface area contributed by atoms with Crippen molar-refractivity contribution in [2.24, 2.45) is 11.7 Å². The van der Waals surface area contributed by atoms with Crippen LogP contribution in [0.1, 0.15) is 46.5 Å². The zero-order chi connectivity index (χ0) is 10.6. The van der Waals surface area contributed by atoms with Crippen LogP contribution >= 0.6 is 0 Å². The molecule has 1 fully saturated rings. The summed E-state index contributed by atoms with van der Waals surface area (Å²) in [6.45, 7) is 9.13. The maximum Gasteiger partial charge on any atom is 0.0107 e. The monoisotopic (exact) mass is 198 g/mol. The van der Waals surface area contributed by atoms with Gasteiger partial charge in [0.05, 0.1) is 0 Å². The Morgan fingerprint density at radius 2 is 2.14 bits per heavy atom. The molecular weight excluding hydrogens is 172 g/mol. The molecule has 14 heavy (non-hydrogen) atoms. The number of nitrogens with zero attached hydrogens (tertiary/aromatic N) is 1. The summed E-state index contributed by atoms with van der Waals surface area (Å²) in [6.07, 6.45) is 5.14. The second-order valence-electron chi connectivity index (χ2n) is 4.86. The maximum atomic E-state index is 5.66. The van der Waals surface area contributed by atoms with Gasteiger partial charge in [0.25, 0.3) is 0 Å². The van der Waals surface area contributed by atoms with Crippen LogP contribution in [0.15, 0.2) is 0 Å². The Kier molecular flexibility index (Phi) is 4.90. The number of nitrogens with two attached hydrogens (primary N) is 1. The molecular formula is C12H26N2. The van der Waals surface area contributed by atoms with Crippen molar-refractivity contribution in [1.29, 1.82) is 0 Å². The van der Waals surface area contributed by atoms with E-state index in [0.29, 0.717) is 0 Å². The summed E-state index contributed by atoms with van der Waals surface area (Å²) in [6, 6.07) is 1.48. The molecule has 0 aliphatic carbocycles. The zero-order valence-electron chi connectivity index (χ0n) is 10.00. The highest BCUT2D eigenvalue weighted by Crippen LogP contribution is 2.25. The highest BCUT2D eigenvalue weighted by atomic mass is 15.2. The van der Waals surface area contributed by atoms with E-state index in [2.05, 4.69) is 25.7 Å². The van der Waals surface area contributed by atoms with Crippen molar-refractivity contribution < 1.29 is 0 Å². The van der Waals surface area contributed by atoms with E-state index in [1.54, 1.807) is 0 Å². The van der Waals surface area contributed by atoms with Crippen LogP contribution in [0.5, 0.6) is 0 Å². The number of likely N-dealkylation sites (tertiary alicyclic amines) is 1. The Labute approximate surface area is 88.8 Å². The van der Waals surface area contributed by atoms with E-state index < -0.39 is 0 Å². The predicted octanol–water partition coefficient (Wildman–Crippen LogP) is 2.23. The Hall–Kier alpha value is -0.0800. The minimum atomic E-state index is 0.725. The molecule has 0 bridgehead atoms. The fraction of sp³-hybridized carbons (Fsp3) is 1.00. The SMILES string of the molecule is CCC(CCN)N1CCC(C)CC1C.